The van der Waals surface area contributed by atoms with E-state index in [9.17, 15) is 14.4 Å². The summed E-state index contributed by atoms with van der Waals surface area (Å²) >= 11 is 0. The average Bonchev–Trinajstić information content (AvgIpc) is 3.05. The van der Waals surface area contributed by atoms with Gasteiger partial charge in [0.25, 0.3) is 0 Å². The third kappa shape index (κ3) is 3.34. The number of methoxy groups -OCH3 is 1. The van der Waals surface area contributed by atoms with Crippen LogP contribution in [0.1, 0.15) is 35.1 Å². The first-order valence-electron chi connectivity index (χ1n) is 6.37. The SMILES string of the molecule is COC(=O)c1nnn(CC(=O)NC(N)=O)c1C1CCCN1. The van der Waals surface area contributed by atoms with E-state index in [1.54, 1.807) is 0 Å². The Bertz CT molecular complexity index is 563. The fraction of sp³-hybridized carbons (Fsp3) is 0.545. The number of imide groups is 1. The van der Waals surface area contributed by atoms with Gasteiger partial charge in [-0.15, -0.1) is 5.10 Å². The van der Waals surface area contributed by atoms with Crippen LogP contribution in [-0.4, -0.2) is 46.6 Å². The van der Waals surface area contributed by atoms with Crippen molar-refractivity contribution in [2.24, 2.45) is 5.73 Å². The Labute approximate surface area is 120 Å². The van der Waals surface area contributed by atoms with Crippen LogP contribution in [0.4, 0.5) is 4.79 Å². The summed E-state index contributed by atoms with van der Waals surface area (Å²) in [5.41, 5.74) is 5.41. The summed E-state index contributed by atoms with van der Waals surface area (Å²) in [5.74, 6) is -1.26. The monoisotopic (exact) mass is 296 g/mol. The molecule has 1 aromatic rings. The van der Waals surface area contributed by atoms with Crippen LogP contribution in [0.15, 0.2) is 0 Å². The van der Waals surface area contributed by atoms with Gasteiger partial charge >= 0.3 is 12.0 Å². The predicted molar refractivity (Wildman–Crippen MR) is 69.1 cm³/mol. The number of nitrogens with two attached hydrogens (primary N) is 1. The van der Waals surface area contributed by atoms with Crippen molar-refractivity contribution in [3.05, 3.63) is 11.4 Å². The van der Waals surface area contributed by atoms with Gasteiger partial charge in [0.15, 0.2) is 5.69 Å². The van der Waals surface area contributed by atoms with Crippen molar-refractivity contribution < 1.29 is 19.1 Å². The molecule has 2 heterocycles. The highest BCUT2D eigenvalue weighted by Gasteiger charge is 2.29. The highest BCUT2D eigenvalue weighted by atomic mass is 16.5. The van der Waals surface area contributed by atoms with Gasteiger partial charge in [-0.3, -0.25) is 10.1 Å². The van der Waals surface area contributed by atoms with Crippen LogP contribution in [-0.2, 0) is 16.1 Å². The van der Waals surface area contributed by atoms with Crippen molar-refractivity contribution in [1.82, 2.24) is 25.6 Å². The van der Waals surface area contributed by atoms with E-state index in [4.69, 9.17) is 5.73 Å². The van der Waals surface area contributed by atoms with Gasteiger partial charge in [-0.2, -0.15) is 0 Å². The number of carbonyl (C=O) groups is 3. The average molecular weight is 296 g/mol. The van der Waals surface area contributed by atoms with Gasteiger partial charge in [-0.1, -0.05) is 5.21 Å². The summed E-state index contributed by atoms with van der Waals surface area (Å²) in [6.07, 6.45) is 1.72. The molecular weight excluding hydrogens is 280 g/mol. The van der Waals surface area contributed by atoms with E-state index in [2.05, 4.69) is 20.4 Å². The topological polar surface area (TPSA) is 141 Å². The Morgan fingerprint density at radius 2 is 2.29 bits per heavy atom. The van der Waals surface area contributed by atoms with Crippen molar-refractivity contribution >= 4 is 17.9 Å². The van der Waals surface area contributed by atoms with E-state index in [0.717, 1.165) is 19.4 Å². The number of carbonyl (C=O) groups excluding carboxylic acids is 3. The number of nitrogens with zero attached hydrogens (tertiary/aromatic N) is 3. The second-order valence-electron chi connectivity index (χ2n) is 4.53. The lowest BCUT2D eigenvalue weighted by atomic mass is 10.1. The number of nitrogens with one attached hydrogen (secondary N) is 2. The number of hydrogen-bond acceptors (Lipinski definition) is 7. The Balaban J connectivity index is 2.27. The first-order valence-corrected chi connectivity index (χ1v) is 6.37. The van der Waals surface area contributed by atoms with E-state index in [1.165, 1.54) is 11.8 Å². The maximum Gasteiger partial charge on any atom is 0.360 e. The summed E-state index contributed by atoms with van der Waals surface area (Å²) in [4.78, 5) is 34.0. The highest BCUT2D eigenvalue weighted by Crippen LogP contribution is 2.25. The molecule has 1 atom stereocenters. The normalized spacial score (nSPS) is 17.5. The molecule has 3 amide bonds. The van der Waals surface area contributed by atoms with Crippen molar-refractivity contribution in [2.75, 3.05) is 13.7 Å². The van der Waals surface area contributed by atoms with Gasteiger partial charge in [0, 0.05) is 0 Å². The van der Waals surface area contributed by atoms with Crippen LogP contribution in [0.5, 0.6) is 0 Å². The molecule has 4 N–H and O–H groups in total. The van der Waals surface area contributed by atoms with Crippen molar-refractivity contribution in [3.63, 3.8) is 0 Å². The third-order valence-electron chi connectivity index (χ3n) is 3.10. The number of amides is 3. The maximum absolute atomic E-state index is 11.7. The molecule has 1 aliphatic rings. The van der Waals surface area contributed by atoms with E-state index in [1.807, 2.05) is 5.32 Å². The van der Waals surface area contributed by atoms with Crippen molar-refractivity contribution in [3.8, 4) is 0 Å². The molecule has 1 saturated heterocycles. The second kappa shape index (κ2) is 6.31. The van der Waals surface area contributed by atoms with E-state index < -0.39 is 17.9 Å². The molecule has 10 heteroatoms. The molecule has 1 aliphatic heterocycles. The van der Waals surface area contributed by atoms with Crippen LogP contribution < -0.4 is 16.4 Å². The molecule has 1 fully saturated rings. The first-order chi connectivity index (χ1) is 10.0. The Kier molecular flexibility index (Phi) is 4.48. The molecule has 0 spiro atoms. The fourth-order valence-electron chi connectivity index (χ4n) is 2.26. The van der Waals surface area contributed by atoms with Crippen LogP contribution in [0.2, 0.25) is 0 Å². The van der Waals surface area contributed by atoms with E-state index >= 15 is 0 Å². The third-order valence-corrected chi connectivity index (χ3v) is 3.10. The standard InChI is InChI=1S/C11H16N6O4/c1-21-10(19)8-9(6-3-2-4-13-6)17(16-15-8)5-7(18)14-11(12)20/h6,13H,2-5H2,1H3,(H3,12,14,18,20). The van der Waals surface area contributed by atoms with Crippen LogP contribution in [0.25, 0.3) is 0 Å². The minimum absolute atomic E-state index is 0.0591. The Hall–Kier alpha value is -2.49. The zero-order valence-corrected chi connectivity index (χ0v) is 11.5. The molecular formula is C11H16N6O4. The molecule has 21 heavy (non-hydrogen) atoms. The molecule has 2 rings (SSSR count). The molecule has 1 unspecified atom stereocenters. The van der Waals surface area contributed by atoms with E-state index in [0.29, 0.717) is 5.69 Å². The lowest BCUT2D eigenvalue weighted by Crippen LogP contribution is -2.38. The van der Waals surface area contributed by atoms with Crippen LogP contribution in [0, 0.1) is 0 Å². The Morgan fingerprint density at radius 1 is 1.52 bits per heavy atom. The molecule has 0 aromatic carbocycles. The molecule has 0 aliphatic carbocycles. The summed E-state index contributed by atoms with van der Waals surface area (Å²) in [6.45, 7) is 0.532. The lowest BCUT2D eigenvalue weighted by molar-refractivity contribution is -0.120. The lowest BCUT2D eigenvalue weighted by Gasteiger charge is -2.13. The second-order valence-corrected chi connectivity index (χ2v) is 4.53. The zero-order chi connectivity index (χ0) is 15.4. The fourth-order valence-corrected chi connectivity index (χ4v) is 2.26. The highest BCUT2D eigenvalue weighted by molar-refractivity contribution is 5.93. The number of primary amides is 1. The number of urea groups is 1. The van der Waals surface area contributed by atoms with Gasteiger partial charge in [0.2, 0.25) is 5.91 Å². The molecule has 10 nitrogen and oxygen atoms in total. The number of hydrogen-bond donors (Lipinski definition) is 3. The largest absolute Gasteiger partial charge is 0.464 e. The number of aromatic nitrogens is 3. The number of esters is 1. The molecule has 0 bridgehead atoms. The molecule has 1 aromatic heterocycles. The van der Waals surface area contributed by atoms with Gasteiger partial charge in [-0.25, -0.2) is 14.3 Å². The molecule has 0 saturated carbocycles. The quantitative estimate of drug-likeness (QED) is 0.585. The maximum atomic E-state index is 11.7. The smallest absolute Gasteiger partial charge is 0.360 e. The van der Waals surface area contributed by atoms with Crippen molar-refractivity contribution in [1.29, 1.82) is 0 Å². The van der Waals surface area contributed by atoms with Crippen molar-refractivity contribution in [2.45, 2.75) is 25.4 Å². The minimum Gasteiger partial charge on any atom is -0.464 e. The molecule has 114 valence electrons. The van der Waals surface area contributed by atoms with Crippen LogP contribution >= 0.6 is 0 Å². The minimum atomic E-state index is -0.950. The predicted octanol–water partition coefficient (Wildman–Crippen LogP) is -1.32. The van der Waals surface area contributed by atoms with Gasteiger partial charge < -0.3 is 15.8 Å². The number of ether oxygens (including phenoxy) is 1. The van der Waals surface area contributed by atoms with Gasteiger partial charge in [0.05, 0.1) is 18.8 Å². The van der Waals surface area contributed by atoms with Gasteiger partial charge in [0.1, 0.15) is 6.54 Å². The number of rotatable bonds is 4. The van der Waals surface area contributed by atoms with Crippen LogP contribution in [0.3, 0.4) is 0 Å². The zero-order valence-electron chi connectivity index (χ0n) is 11.5. The Morgan fingerprint density at radius 3 is 2.86 bits per heavy atom. The molecule has 0 radical (unpaired) electrons. The summed E-state index contributed by atoms with van der Waals surface area (Å²) in [6, 6.07) is -1.09. The first kappa shape index (κ1) is 14.9. The summed E-state index contributed by atoms with van der Waals surface area (Å²) < 4.78 is 5.93. The van der Waals surface area contributed by atoms with Gasteiger partial charge in [-0.05, 0) is 19.4 Å². The summed E-state index contributed by atoms with van der Waals surface area (Å²) in [5, 5.41) is 12.7. The van der Waals surface area contributed by atoms with E-state index in [-0.39, 0.29) is 18.3 Å². The summed E-state index contributed by atoms with van der Waals surface area (Å²) in [7, 11) is 1.24.